The first kappa shape index (κ1) is 48.3. The number of alkyl halides is 3. The Balaban J connectivity index is 1.29. The van der Waals surface area contributed by atoms with Gasteiger partial charge in [-0.05, 0) is 115 Å². The minimum Gasteiger partial charge on any atom is -0.491 e. The van der Waals surface area contributed by atoms with Crippen molar-refractivity contribution in [3.8, 4) is 28.6 Å². The number of allylic oxidation sites excluding steroid dienone is 1. The molecular formula is C46H58F3N7O9S. The molecule has 7 atom stereocenters. The van der Waals surface area contributed by atoms with E-state index >= 15 is 4.79 Å². The maximum Gasteiger partial charge on any atom is 0.411 e. The maximum absolute atomic E-state index is 15.2. The summed E-state index contributed by atoms with van der Waals surface area (Å²) in [4.78, 5) is 63.1. The standard InChI is InChI=1S/C46H58F3N7O9S/c1-27(2)64-32-15-13-30(14-16-32)35-22-33(24-37(51-35)55-20-10-19-50-55)65-34-23-36-39(57)52-45(41(59)53-66(62,63)44(7)17-18-44)25-31(45)12-9-8-11-28(3)21-29(4)38(40(58)54(36)26-34)56(42(60)61)43(5,6)46(47,48)49/h9-10,12-16,19-20,22,24,27-29,31,34,36,38H,8,11,17-18,21,23,25-26H2,1-7H3,(H,52,57)(H,53,59)(H,60,61)/t28-,29-,31-,34-,36+,38+,45-/m1/s1. The van der Waals surface area contributed by atoms with Crippen LogP contribution in [0.4, 0.5) is 18.0 Å². The average molecular weight is 942 g/mol. The summed E-state index contributed by atoms with van der Waals surface area (Å²) < 4.78 is 86.1. The summed E-state index contributed by atoms with van der Waals surface area (Å²) in [6.45, 7) is 9.72. The lowest BCUT2D eigenvalue weighted by atomic mass is 9.85. The van der Waals surface area contributed by atoms with Gasteiger partial charge in [-0.1, -0.05) is 26.0 Å². The Morgan fingerprint density at radius 1 is 1.06 bits per heavy atom. The summed E-state index contributed by atoms with van der Waals surface area (Å²) >= 11 is 0. The van der Waals surface area contributed by atoms with Crippen molar-refractivity contribution in [3.63, 3.8) is 0 Å². The average Bonchev–Trinajstić information content (AvgIpc) is 3.98. The lowest BCUT2D eigenvalue weighted by Crippen LogP contribution is -2.66. The fourth-order valence-corrected chi connectivity index (χ4v) is 10.3. The largest absolute Gasteiger partial charge is 0.491 e. The number of amides is 4. The molecule has 1 aromatic carbocycles. The van der Waals surface area contributed by atoms with Crippen LogP contribution in [-0.4, -0.2) is 115 Å². The van der Waals surface area contributed by atoms with E-state index in [2.05, 4.69) is 15.1 Å². The van der Waals surface area contributed by atoms with Crippen LogP contribution in [0.25, 0.3) is 17.1 Å². The summed E-state index contributed by atoms with van der Waals surface area (Å²) in [7, 11) is -4.14. The molecule has 3 fully saturated rings. The van der Waals surface area contributed by atoms with Crippen LogP contribution in [0.15, 0.2) is 67.0 Å². The number of carbonyl (C=O) groups excluding carboxylic acids is 3. The molecule has 0 radical (unpaired) electrons. The van der Waals surface area contributed by atoms with Crippen molar-refractivity contribution in [2.24, 2.45) is 17.8 Å². The first-order valence-electron chi connectivity index (χ1n) is 22.3. The number of hydrogen-bond acceptors (Lipinski definition) is 10. The molecule has 358 valence electrons. The molecule has 2 aliphatic heterocycles. The van der Waals surface area contributed by atoms with Gasteiger partial charge in [0, 0.05) is 42.4 Å². The number of hydrogen-bond donors (Lipinski definition) is 3. The Hall–Kier alpha value is -5.66. The predicted molar refractivity (Wildman–Crippen MR) is 236 cm³/mol. The number of aromatic nitrogens is 3. The third-order valence-corrected chi connectivity index (χ3v) is 15.5. The third-order valence-electron chi connectivity index (χ3n) is 13.3. The number of nitrogens with zero attached hydrogens (tertiary/aromatic N) is 5. The van der Waals surface area contributed by atoms with Crippen LogP contribution in [-0.2, 0) is 24.4 Å². The molecule has 2 aromatic heterocycles. The molecule has 4 aliphatic rings. The fourth-order valence-electron chi connectivity index (χ4n) is 8.98. The fraction of sp³-hybridized carbons (Fsp3) is 0.565. The first-order valence-corrected chi connectivity index (χ1v) is 23.7. The highest BCUT2D eigenvalue weighted by molar-refractivity contribution is 7.91. The van der Waals surface area contributed by atoms with Gasteiger partial charge in [-0.15, -0.1) is 0 Å². The van der Waals surface area contributed by atoms with Crippen molar-refractivity contribution in [2.45, 2.75) is 140 Å². The zero-order chi connectivity index (χ0) is 48.1. The van der Waals surface area contributed by atoms with E-state index in [4.69, 9.17) is 14.5 Å². The number of benzene rings is 1. The van der Waals surface area contributed by atoms with Gasteiger partial charge in [0.15, 0.2) is 5.82 Å². The molecular weight excluding hydrogens is 884 g/mol. The van der Waals surface area contributed by atoms with Gasteiger partial charge in [0.05, 0.1) is 23.1 Å². The molecule has 3 N–H and O–H groups in total. The van der Waals surface area contributed by atoms with Crippen molar-refractivity contribution in [2.75, 3.05) is 6.54 Å². The minimum absolute atomic E-state index is 0.0379. The molecule has 20 heteroatoms. The third kappa shape index (κ3) is 9.74. The molecule has 3 aromatic rings. The van der Waals surface area contributed by atoms with Crippen LogP contribution in [0.3, 0.4) is 0 Å². The molecule has 2 aliphatic carbocycles. The van der Waals surface area contributed by atoms with E-state index in [9.17, 15) is 41.1 Å². The summed E-state index contributed by atoms with van der Waals surface area (Å²) in [5.74, 6) is -3.47. The van der Waals surface area contributed by atoms with Gasteiger partial charge < -0.3 is 24.8 Å². The van der Waals surface area contributed by atoms with Crippen LogP contribution in [0.1, 0.15) is 93.4 Å². The van der Waals surface area contributed by atoms with Crippen LogP contribution in [0.5, 0.6) is 11.5 Å². The van der Waals surface area contributed by atoms with E-state index < -0.39 is 85.9 Å². The van der Waals surface area contributed by atoms with Crippen molar-refractivity contribution in [1.82, 2.24) is 34.6 Å². The number of nitrogens with one attached hydrogen (secondary N) is 2. The highest BCUT2D eigenvalue weighted by atomic mass is 32.2. The number of rotatable bonds is 11. The quantitative estimate of drug-likeness (QED) is 0.174. The van der Waals surface area contributed by atoms with E-state index in [0.717, 1.165) is 4.90 Å². The second-order valence-corrected chi connectivity index (χ2v) is 21.5. The summed E-state index contributed by atoms with van der Waals surface area (Å²) in [6, 6.07) is 8.72. The lowest BCUT2D eigenvalue weighted by molar-refractivity contribution is -0.222. The zero-order valence-corrected chi connectivity index (χ0v) is 38.9. The molecule has 7 rings (SSSR count). The zero-order valence-electron chi connectivity index (χ0n) is 38.0. The van der Waals surface area contributed by atoms with Gasteiger partial charge in [0.25, 0.3) is 5.91 Å². The molecule has 4 amide bonds. The van der Waals surface area contributed by atoms with Gasteiger partial charge >= 0.3 is 12.3 Å². The maximum atomic E-state index is 15.2. The van der Waals surface area contributed by atoms with Crippen LogP contribution in [0.2, 0.25) is 0 Å². The van der Waals surface area contributed by atoms with Crippen molar-refractivity contribution in [1.29, 1.82) is 0 Å². The van der Waals surface area contributed by atoms with Gasteiger partial charge in [0.1, 0.15) is 40.8 Å². The number of ether oxygens (including phenoxy) is 2. The number of pyridine rings is 1. The molecule has 4 heterocycles. The molecule has 2 saturated carbocycles. The van der Waals surface area contributed by atoms with E-state index in [1.165, 1.54) is 18.5 Å². The van der Waals surface area contributed by atoms with Crippen LogP contribution in [0, 0.1) is 17.8 Å². The van der Waals surface area contributed by atoms with Gasteiger partial charge in [0.2, 0.25) is 21.8 Å². The highest BCUT2D eigenvalue weighted by Crippen LogP contribution is 2.48. The Morgan fingerprint density at radius 2 is 1.76 bits per heavy atom. The van der Waals surface area contributed by atoms with Gasteiger partial charge in [-0.2, -0.15) is 18.3 Å². The van der Waals surface area contributed by atoms with Crippen molar-refractivity contribution in [3.05, 3.63) is 67.0 Å². The molecule has 0 unspecified atom stereocenters. The number of fused-ring (bicyclic) bond motifs is 2. The van der Waals surface area contributed by atoms with E-state index in [1.54, 1.807) is 48.8 Å². The van der Waals surface area contributed by atoms with Crippen molar-refractivity contribution < 1.29 is 55.3 Å². The number of sulfonamides is 1. The summed E-state index contributed by atoms with van der Waals surface area (Å²) in [6.07, 6.45) is 0.207. The van der Waals surface area contributed by atoms with E-state index in [-0.39, 0.29) is 48.5 Å². The second kappa shape index (κ2) is 17.9. The van der Waals surface area contributed by atoms with E-state index in [0.29, 0.717) is 62.4 Å². The highest BCUT2D eigenvalue weighted by Gasteiger charge is 2.64. The summed E-state index contributed by atoms with van der Waals surface area (Å²) in [5.41, 5.74) is -3.66. The Kier molecular flexibility index (Phi) is 13.1. The Bertz CT molecular complexity index is 2460. The minimum atomic E-state index is -5.11. The molecule has 16 nitrogen and oxygen atoms in total. The first-order chi connectivity index (χ1) is 30.9. The normalized spacial score (nSPS) is 26.9. The lowest BCUT2D eigenvalue weighted by Gasteiger charge is -2.45. The predicted octanol–water partition coefficient (Wildman–Crippen LogP) is 6.65. The van der Waals surface area contributed by atoms with Gasteiger partial charge in [-0.25, -0.2) is 22.9 Å². The number of halogens is 3. The Morgan fingerprint density at radius 3 is 2.36 bits per heavy atom. The second-order valence-electron chi connectivity index (χ2n) is 19.3. The van der Waals surface area contributed by atoms with Gasteiger partial charge in [-0.3, -0.25) is 24.0 Å². The van der Waals surface area contributed by atoms with Crippen LogP contribution < -0.4 is 19.5 Å². The molecule has 66 heavy (non-hydrogen) atoms. The summed E-state index contributed by atoms with van der Waals surface area (Å²) in [5, 5.41) is 17.7. The van der Waals surface area contributed by atoms with Crippen LogP contribution >= 0.6 is 0 Å². The van der Waals surface area contributed by atoms with Crippen molar-refractivity contribution >= 4 is 33.8 Å². The number of carbonyl (C=O) groups is 4. The van der Waals surface area contributed by atoms with E-state index in [1.807, 2.05) is 39.0 Å². The molecule has 0 spiro atoms. The monoisotopic (exact) mass is 941 g/mol. The molecule has 1 saturated heterocycles. The number of carboxylic acid groups (broad SMARTS) is 1. The topological polar surface area (TPSA) is 202 Å². The molecule has 0 bridgehead atoms. The Labute approximate surface area is 382 Å². The smallest absolute Gasteiger partial charge is 0.411 e. The SMILES string of the molecule is CC(C)Oc1ccc(-c2cc(O[C@@H]3C[C@H]4C(=O)N[C@]5(C(=O)NS(=O)(=O)C6(C)CC6)C[C@H]5C=CCC[C@@H](C)C[C@@H](C)[C@H](N(C(=O)O)C(C)(C)C(F)(F)F)C(=O)N4C3)cc(-n3cccn3)n2)cc1.